The highest BCUT2D eigenvalue weighted by atomic mass is 16.5. The van der Waals surface area contributed by atoms with Gasteiger partial charge < -0.3 is 15.0 Å². The molecule has 0 saturated carbocycles. The van der Waals surface area contributed by atoms with Gasteiger partial charge in [-0.3, -0.25) is 0 Å². The summed E-state index contributed by atoms with van der Waals surface area (Å²) in [4.78, 5) is 10.8. The Balaban J connectivity index is 2.17. The van der Waals surface area contributed by atoms with Crippen LogP contribution in [0, 0.1) is 0 Å². The molecule has 0 spiro atoms. The van der Waals surface area contributed by atoms with Crippen molar-refractivity contribution in [1.29, 1.82) is 0 Å². The molecule has 2 heterocycles. The lowest BCUT2D eigenvalue weighted by Crippen LogP contribution is -2.44. The minimum Gasteiger partial charge on any atom is -0.472 e. The number of hydrogen-bond donors (Lipinski definition) is 1. The first kappa shape index (κ1) is 11.1. The number of ether oxygens (including phenoxy) is 1. The number of nitrogens with zero attached hydrogens (tertiary/aromatic N) is 3. The van der Waals surface area contributed by atoms with Crippen LogP contribution in [0.5, 0.6) is 5.88 Å². The average molecular weight is 222 g/mol. The molecule has 5 nitrogen and oxygen atoms in total. The van der Waals surface area contributed by atoms with Crippen LogP contribution in [0.15, 0.2) is 12.4 Å². The summed E-state index contributed by atoms with van der Waals surface area (Å²) in [7, 11) is 0. The normalized spacial score (nSPS) is 16.6. The summed E-state index contributed by atoms with van der Waals surface area (Å²) < 4.78 is 5.66. The average Bonchev–Trinajstić information content (AvgIpc) is 2.30. The van der Waals surface area contributed by atoms with E-state index in [2.05, 4.69) is 20.2 Å². The van der Waals surface area contributed by atoms with E-state index in [9.17, 15) is 0 Å². The maximum atomic E-state index is 5.66. The first-order chi connectivity index (χ1) is 7.77. The van der Waals surface area contributed by atoms with E-state index in [1.165, 1.54) is 0 Å². The van der Waals surface area contributed by atoms with Crippen LogP contribution in [0.4, 0.5) is 5.82 Å². The van der Waals surface area contributed by atoms with Crippen molar-refractivity contribution in [2.45, 2.75) is 20.0 Å². The Labute approximate surface area is 95.8 Å². The second-order valence-corrected chi connectivity index (χ2v) is 4.09. The third-order valence-corrected chi connectivity index (χ3v) is 2.41. The van der Waals surface area contributed by atoms with Gasteiger partial charge in [-0.2, -0.15) is 0 Å². The molecule has 0 amide bonds. The molecule has 0 atom stereocenters. The fraction of sp³-hybridized carbons (Fsp3) is 0.636. The van der Waals surface area contributed by atoms with Gasteiger partial charge in [-0.25, -0.2) is 9.97 Å². The van der Waals surface area contributed by atoms with Gasteiger partial charge in [0.2, 0.25) is 0 Å². The zero-order valence-electron chi connectivity index (χ0n) is 9.81. The largest absolute Gasteiger partial charge is 0.472 e. The van der Waals surface area contributed by atoms with Crippen LogP contribution >= 0.6 is 0 Å². The molecule has 1 aromatic heterocycles. The molecule has 88 valence electrons. The molecule has 0 radical (unpaired) electrons. The molecule has 1 aliphatic heterocycles. The second-order valence-electron chi connectivity index (χ2n) is 4.09. The van der Waals surface area contributed by atoms with Crippen molar-refractivity contribution in [2.24, 2.45) is 0 Å². The number of rotatable bonds is 3. The summed E-state index contributed by atoms with van der Waals surface area (Å²) in [5.74, 6) is 1.50. The molecule has 1 fully saturated rings. The minimum atomic E-state index is 0.123. The molecule has 0 unspecified atom stereocenters. The Kier molecular flexibility index (Phi) is 3.56. The second kappa shape index (κ2) is 5.12. The predicted molar refractivity (Wildman–Crippen MR) is 62.9 cm³/mol. The Morgan fingerprint density at radius 3 is 2.62 bits per heavy atom. The van der Waals surface area contributed by atoms with E-state index in [1.807, 2.05) is 13.8 Å². The SMILES string of the molecule is CC(C)Oc1nccnc1N1CCNCC1. The summed E-state index contributed by atoms with van der Waals surface area (Å²) in [5, 5.41) is 3.31. The molecule has 1 saturated heterocycles. The van der Waals surface area contributed by atoms with Gasteiger partial charge in [-0.1, -0.05) is 0 Å². The summed E-state index contributed by atoms with van der Waals surface area (Å²) in [5.41, 5.74) is 0. The maximum absolute atomic E-state index is 5.66. The van der Waals surface area contributed by atoms with Crippen molar-refractivity contribution in [3.63, 3.8) is 0 Å². The maximum Gasteiger partial charge on any atom is 0.257 e. The summed E-state index contributed by atoms with van der Waals surface area (Å²) in [6.07, 6.45) is 3.51. The number of piperazine rings is 1. The zero-order valence-corrected chi connectivity index (χ0v) is 9.81. The number of hydrogen-bond acceptors (Lipinski definition) is 5. The van der Waals surface area contributed by atoms with Crippen LogP contribution in [-0.2, 0) is 0 Å². The highest BCUT2D eigenvalue weighted by Crippen LogP contribution is 2.23. The molecule has 1 aromatic rings. The van der Waals surface area contributed by atoms with E-state index in [4.69, 9.17) is 4.74 Å². The lowest BCUT2D eigenvalue weighted by atomic mass is 10.3. The number of aromatic nitrogens is 2. The Morgan fingerprint density at radius 1 is 1.25 bits per heavy atom. The first-order valence-electron chi connectivity index (χ1n) is 5.70. The molecule has 1 N–H and O–H groups in total. The van der Waals surface area contributed by atoms with Gasteiger partial charge in [-0.15, -0.1) is 0 Å². The van der Waals surface area contributed by atoms with E-state index in [1.54, 1.807) is 12.4 Å². The fourth-order valence-electron chi connectivity index (χ4n) is 1.72. The first-order valence-corrected chi connectivity index (χ1v) is 5.70. The van der Waals surface area contributed by atoms with Gasteiger partial charge in [0.1, 0.15) is 0 Å². The van der Waals surface area contributed by atoms with E-state index >= 15 is 0 Å². The fourth-order valence-corrected chi connectivity index (χ4v) is 1.72. The number of nitrogens with one attached hydrogen (secondary N) is 1. The lowest BCUT2D eigenvalue weighted by Gasteiger charge is -2.29. The molecule has 0 aromatic carbocycles. The highest BCUT2D eigenvalue weighted by molar-refractivity contribution is 5.48. The standard InChI is InChI=1S/C11H18N4O/c1-9(2)16-11-10(13-3-4-14-11)15-7-5-12-6-8-15/h3-4,9,12H,5-8H2,1-2H3. The van der Waals surface area contributed by atoms with Gasteiger partial charge in [0.15, 0.2) is 5.82 Å². The molecule has 2 rings (SSSR count). The summed E-state index contributed by atoms with van der Waals surface area (Å²) in [6, 6.07) is 0. The topological polar surface area (TPSA) is 50.3 Å². The van der Waals surface area contributed by atoms with Crippen LogP contribution in [0.1, 0.15) is 13.8 Å². The number of anilines is 1. The smallest absolute Gasteiger partial charge is 0.257 e. The van der Waals surface area contributed by atoms with Crippen LogP contribution in [0.25, 0.3) is 0 Å². The van der Waals surface area contributed by atoms with Gasteiger partial charge >= 0.3 is 0 Å². The third kappa shape index (κ3) is 2.61. The van der Waals surface area contributed by atoms with Gasteiger partial charge in [-0.05, 0) is 13.8 Å². The lowest BCUT2D eigenvalue weighted by molar-refractivity contribution is 0.232. The predicted octanol–water partition coefficient (Wildman–Crippen LogP) is 0.673. The third-order valence-electron chi connectivity index (χ3n) is 2.41. The van der Waals surface area contributed by atoms with Crippen LogP contribution in [0.3, 0.4) is 0 Å². The van der Waals surface area contributed by atoms with Crippen LogP contribution in [0.2, 0.25) is 0 Å². The van der Waals surface area contributed by atoms with E-state index in [0.717, 1.165) is 32.0 Å². The Hall–Kier alpha value is -1.36. The van der Waals surface area contributed by atoms with Gasteiger partial charge in [0.05, 0.1) is 6.10 Å². The van der Waals surface area contributed by atoms with Crippen molar-refractivity contribution in [3.05, 3.63) is 12.4 Å². The molecule has 0 aliphatic carbocycles. The van der Waals surface area contributed by atoms with E-state index in [0.29, 0.717) is 5.88 Å². The van der Waals surface area contributed by atoms with Crippen molar-refractivity contribution in [1.82, 2.24) is 15.3 Å². The van der Waals surface area contributed by atoms with Gasteiger partial charge in [0, 0.05) is 38.6 Å². The summed E-state index contributed by atoms with van der Waals surface area (Å²) in [6.45, 7) is 7.86. The monoisotopic (exact) mass is 222 g/mol. The van der Waals surface area contributed by atoms with Crippen molar-refractivity contribution in [3.8, 4) is 5.88 Å². The Morgan fingerprint density at radius 2 is 1.94 bits per heavy atom. The van der Waals surface area contributed by atoms with Crippen LogP contribution < -0.4 is 15.0 Å². The molecule has 1 aliphatic rings. The molecule has 5 heteroatoms. The van der Waals surface area contributed by atoms with Crippen molar-refractivity contribution in [2.75, 3.05) is 31.1 Å². The molecular weight excluding hydrogens is 204 g/mol. The molecule has 16 heavy (non-hydrogen) atoms. The Bertz CT molecular complexity index is 337. The highest BCUT2D eigenvalue weighted by Gasteiger charge is 2.17. The van der Waals surface area contributed by atoms with Crippen LogP contribution in [-0.4, -0.2) is 42.3 Å². The van der Waals surface area contributed by atoms with E-state index in [-0.39, 0.29) is 6.10 Å². The van der Waals surface area contributed by atoms with E-state index < -0.39 is 0 Å². The zero-order chi connectivity index (χ0) is 11.4. The quantitative estimate of drug-likeness (QED) is 0.814. The molecule has 0 bridgehead atoms. The molecular formula is C11H18N4O. The van der Waals surface area contributed by atoms with Crippen molar-refractivity contribution < 1.29 is 4.74 Å². The minimum absolute atomic E-state index is 0.123. The summed E-state index contributed by atoms with van der Waals surface area (Å²) >= 11 is 0. The van der Waals surface area contributed by atoms with Crippen molar-refractivity contribution >= 4 is 5.82 Å². The van der Waals surface area contributed by atoms with Gasteiger partial charge in [0.25, 0.3) is 5.88 Å².